The van der Waals surface area contributed by atoms with E-state index in [1.165, 1.54) is 43.1 Å². The summed E-state index contributed by atoms with van der Waals surface area (Å²) in [6, 6.07) is 110. The van der Waals surface area contributed by atoms with Crippen LogP contribution in [0.25, 0.3) is 182 Å². The summed E-state index contributed by atoms with van der Waals surface area (Å²) in [5.41, 5.74) is 17.1. The fraction of sp³-hybridized carbons (Fsp3) is 0. The predicted molar refractivity (Wildman–Crippen MR) is 377 cm³/mol. The summed E-state index contributed by atoms with van der Waals surface area (Å²) < 4.78 is 12.2. The van der Waals surface area contributed by atoms with Crippen LogP contribution in [-0.2, 0) is 0 Å². The van der Waals surface area contributed by atoms with E-state index < -0.39 is 0 Å². The lowest BCUT2D eigenvalue weighted by atomic mass is 10.0. The Bertz CT molecular complexity index is 6060. The maximum atomic E-state index is 5.73. The molecule has 0 saturated heterocycles. The van der Waals surface area contributed by atoms with Crippen LogP contribution in [0.1, 0.15) is 0 Å². The van der Waals surface area contributed by atoms with Crippen molar-refractivity contribution >= 4 is 131 Å². The Kier molecular flexibility index (Phi) is 10.4. The van der Waals surface area contributed by atoms with E-state index in [2.05, 4.69) is 326 Å². The highest BCUT2D eigenvalue weighted by atomic mass is 15.2. The van der Waals surface area contributed by atoms with E-state index in [1.54, 1.807) is 0 Å². The van der Waals surface area contributed by atoms with Gasteiger partial charge in [0, 0.05) is 87.7 Å². The van der Waals surface area contributed by atoms with Gasteiger partial charge in [-0.2, -0.15) is 9.97 Å². The molecule has 0 atom stereocenters. The van der Waals surface area contributed by atoms with Gasteiger partial charge in [-0.3, -0.25) is 4.57 Å². The van der Waals surface area contributed by atoms with Gasteiger partial charge in [0.2, 0.25) is 5.95 Å². The van der Waals surface area contributed by atoms with Crippen molar-refractivity contribution in [3.8, 4) is 51.5 Å². The number of rotatable bonds is 7. The summed E-state index contributed by atoms with van der Waals surface area (Å²) in [7, 11) is 0. The zero-order chi connectivity index (χ0) is 59.4. The number of hydrogen-bond donors (Lipinski definition) is 0. The lowest BCUT2D eigenvalue weighted by Crippen LogP contribution is -2.07. The van der Waals surface area contributed by atoms with E-state index in [0.717, 1.165) is 121 Å². The van der Waals surface area contributed by atoms with Crippen LogP contribution < -0.4 is 0 Å². The molecule has 91 heavy (non-hydrogen) atoms. The molecule has 422 valence electrons. The molecule has 0 unspecified atom stereocenters. The van der Waals surface area contributed by atoms with E-state index in [4.69, 9.17) is 15.0 Å². The SMILES string of the molecule is c1ccc(-n2c3ccccc3c3ccc4c5ccccc5n(-c5ccc6c7ccc(-n8c9ccccc9c9ccc%10c%11ccccc%11n(-c%11ccccc%11)c%10c98)cc7n(-c7nc(-c8cccc9ccccc89)nc(-c8cccc9ccccc89)n7)c6c5)c4c32)cc1. The van der Waals surface area contributed by atoms with Gasteiger partial charge in [-0.1, -0.05) is 231 Å². The lowest BCUT2D eigenvalue weighted by molar-refractivity contribution is 0.954. The molecule has 8 nitrogen and oxygen atoms in total. The van der Waals surface area contributed by atoms with Gasteiger partial charge in [-0.15, -0.1) is 0 Å². The predicted octanol–water partition coefficient (Wildman–Crippen LogP) is 21.0. The standard InChI is InChI=1S/C83H50N8/c1-3-25-53(26-4-1)87-71-37-15-11-31-59(71)65-45-47-67-61-33-13-17-39-73(61)89(79(67)77(65)87)55-41-43-63-64-44-42-56(90-74-40-18-14-34-62(74)68-48-46-66-60-32-12-16-38-72(60)88(78(66)80(68)90)54-27-5-2-6-28-54)50-76(64)91(75(63)49-55)83-85-81(69-35-19-23-51-21-7-9-29-57(51)69)84-82(86-83)70-36-20-24-52-22-8-10-30-58(52)70/h1-50H. The third-order valence-electron chi connectivity index (χ3n) is 19.1. The molecule has 20 rings (SSSR count). The van der Waals surface area contributed by atoms with Gasteiger partial charge in [-0.05, 0) is 94.3 Å². The highest BCUT2D eigenvalue weighted by molar-refractivity contribution is 6.26. The summed E-state index contributed by atoms with van der Waals surface area (Å²) in [5.74, 6) is 1.69. The second-order valence-electron chi connectivity index (χ2n) is 23.9. The van der Waals surface area contributed by atoms with Crippen molar-refractivity contribution in [2.75, 3.05) is 0 Å². The van der Waals surface area contributed by atoms with Crippen LogP contribution in [0.5, 0.6) is 0 Å². The van der Waals surface area contributed by atoms with Crippen molar-refractivity contribution < 1.29 is 0 Å². The molecule has 0 N–H and O–H groups in total. The molecular formula is C83H50N8. The Labute approximate surface area is 520 Å². The lowest BCUT2D eigenvalue weighted by Gasteiger charge is -2.15. The van der Waals surface area contributed by atoms with Crippen molar-refractivity contribution in [2.24, 2.45) is 0 Å². The molecule has 0 aliphatic heterocycles. The number of benzene rings is 14. The topological polar surface area (TPSA) is 63.3 Å². The average Bonchev–Trinajstić information content (AvgIpc) is 1.56. The first-order chi connectivity index (χ1) is 45.2. The number of hydrogen-bond acceptors (Lipinski definition) is 3. The van der Waals surface area contributed by atoms with Crippen molar-refractivity contribution in [2.45, 2.75) is 0 Å². The Morgan fingerprint density at radius 2 is 0.484 bits per heavy atom. The molecule has 8 heteroatoms. The smallest absolute Gasteiger partial charge is 0.238 e. The van der Waals surface area contributed by atoms with Crippen LogP contribution in [0.2, 0.25) is 0 Å². The minimum absolute atomic E-state index is 0.512. The number of aromatic nitrogens is 8. The number of para-hydroxylation sites is 6. The van der Waals surface area contributed by atoms with Gasteiger partial charge in [0.15, 0.2) is 11.6 Å². The Hall–Kier alpha value is -12.4. The summed E-state index contributed by atoms with van der Waals surface area (Å²) >= 11 is 0. The molecule has 0 aliphatic rings. The van der Waals surface area contributed by atoms with Crippen molar-refractivity contribution in [3.05, 3.63) is 303 Å². The highest BCUT2D eigenvalue weighted by Gasteiger charge is 2.27. The molecular weight excluding hydrogens is 1110 g/mol. The fourth-order valence-electron chi connectivity index (χ4n) is 15.3. The Morgan fingerprint density at radius 1 is 0.187 bits per heavy atom. The van der Waals surface area contributed by atoms with E-state index in [0.29, 0.717) is 17.6 Å². The minimum Gasteiger partial charge on any atom is -0.307 e. The molecule has 6 aromatic heterocycles. The molecule has 14 aromatic carbocycles. The van der Waals surface area contributed by atoms with Crippen LogP contribution >= 0.6 is 0 Å². The molecule has 0 bridgehead atoms. The third-order valence-corrected chi connectivity index (χ3v) is 19.1. The van der Waals surface area contributed by atoms with Gasteiger partial charge in [0.25, 0.3) is 0 Å². The first-order valence-electron chi connectivity index (χ1n) is 31.0. The normalized spacial score (nSPS) is 12.2. The molecule has 20 aromatic rings. The van der Waals surface area contributed by atoms with Gasteiger partial charge < -0.3 is 18.3 Å². The van der Waals surface area contributed by atoms with Crippen LogP contribution in [0, 0.1) is 0 Å². The number of nitrogens with zero attached hydrogens (tertiary/aromatic N) is 8. The second kappa shape index (κ2) is 19.1. The Balaban J connectivity index is 0.934. The molecule has 0 amide bonds. The third kappa shape index (κ3) is 7.12. The molecule has 0 fully saturated rings. The second-order valence-corrected chi connectivity index (χ2v) is 23.9. The maximum Gasteiger partial charge on any atom is 0.238 e. The van der Waals surface area contributed by atoms with E-state index in [-0.39, 0.29) is 0 Å². The van der Waals surface area contributed by atoms with Crippen LogP contribution in [0.3, 0.4) is 0 Å². The summed E-state index contributed by atoms with van der Waals surface area (Å²) in [6.45, 7) is 0. The summed E-state index contributed by atoms with van der Waals surface area (Å²) in [6.07, 6.45) is 0. The quantitative estimate of drug-likeness (QED) is 0.160. The molecule has 0 radical (unpaired) electrons. The molecule has 0 spiro atoms. The van der Waals surface area contributed by atoms with Crippen molar-refractivity contribution in [1.82, 2.24) is 37.8 Å². The van der Waals surface area contributed by atoms with Crippen LogP contribution in [0.15, 0.2) is 303 Å². The van der Waals surface area contributed by atoms with Crippen molar-refractivity contribution in [1.29, 1.82) is 0 Å². The van der Waals surface area contributed by atoms with E-state index >= 15 is 0 Å². The summed E-state index contributed by atoms with van der Waals surface area (Å²) in [5, 5.41) is 16.0. The molecule has 6 heterocycles. The fourth-order valence-corrected chi connectivity index (χ4v) is 15.3. The molecule has 0 aliphatic carbocycles. The summed E-state index contributed by atoms with van der Waals surface area (Å²) in [4.78, 5) is 17.0. The van der Waals surface area contributed by atoms with Gasteiger partial charge in [0.05, 0.1) is 55.2 Å². The van der Waals surface area contributed by atoms with Crippen LogP contribution in [0.4, 0.5) is 0 Å². The largest absolute Gasteiger partial charge is 0.307 e. The van der Waals surface area contributed by atoms with E-state index in [9.17, 15) is 0 Å². The first kappa shape index (κ1) is 49.7. The monoisotopic (exact) mass is 1160 g/mol. The van der Waals surface area contributed by atoms with Gasteiger partial charge in [-0.25, -0.2) is 4.98 Å². The minimum atomic E-state index is 0.512. The van der Waals surface area contributed by atoms with Gasteiger partial charge >= 0.3 is 0 Å². The van der Waals surface area contributed by atoms with Crippen LogP contribution in [-0.4, -0.2) is 37.8 Å². The Morgan fingerprint density at radius 3 is 0.868 bits per heavy atom. The highest BCUT2D eigenvalue weighted by Crippen LogP contribution is 2.46. The zero-order valence-corrected chi connectivity index (χ0v) is 48.9. The average molecular weight is 1160 g/mol. The van der Waals surface area contributed by atoms with Gasteiger partial charge in [0.1, 0.15) is 0 Å². The zero-order valence-electron chi connectivity index (χ0n) is 48.9. The maximum absolute atomic E-state index is 5.73. The first-order valence-corrected chi connectivity index (χ1v) is 31.0. The van der Waals surface area contributed by atoms with Crippen molar-refractivity contribution in [3.63, 3.8) is 0 Å². The number of fused-ring (bicyclic) bond motifs is 19. The molecule has 0 saturated carbocycles. The van der Waals surface area contributed by atoms with E-state index in [1.807, 2.05) is 0 Å².